The number of likely N-dealkylation sites (tertiary alicyclic amines) is 1. The normalized spacial score (nSPS) is 23.4. The van der Waals surface area contributed by atoms with Crippen LogP contribution in [0.4, 0.5) is 0 Å². The second kappa shape index (κ2) is 17.8. The predicted molar refractivity (Wildman–Crippen MR) is 241 cm³/mol. The van der Waals surface area contributed by atoms with Crippen molar-refractivity contribution < 1.29 is 33.5 Å². The number of carbonyl (C=O) groups excluding carboxylic acids is 4. The lowest BCUT2D eigenvalue weighted by Gasteiger charge is -2.42. The molecule has 15 nitrogen and oxygen atoms in total. The third kappa shape index (κ3) is 8.13. The molecule has 0 spiro atoms. The Morgan fingerprint density at radius 1 is 1.08 bits per heavy atom. The highest BCUT2D eigenvalue weighted by molar-refractivity contribution is 5.97. The predicted octanol–water partition coefficient (Wildman–Crippen LogP) is 5.07. The number of nitroso groups, excluding NO2 is 1. The van der Waals surface area contributed by atoms with Gasteiger partial charge in [0.15, 0.2) is 6.04 Å². The van der Waals surface area contributed by atoms with Crippen molar-refractivity contribution in [3.63, 3.8) is 0 Å². The zero-order valence-corrected chi connectivity index (χ0v) is 38.0. The van der Waals surface area contributed by atoms with Gasteiger partial charge in [0.1, 0.15) is 23.1 Å². The van der Waals surface area contributed by atoms with Crippen molar-refractivity contribution in [2.24, 2.45) is 18.4 Å². The first-order chi connectivity index (χ1) is 30.6. The van der Waals surface area contributed by atoms with Gasteiger partial charge in [-0.3, -0.25) is 29.2 Å². The highest BCUT2D eigenvalue weighted by Gasteiger charge is 2.48. The van der Waals surface area contributed by atoms with Crippen LogP contribution in [0.1, 0.15) is 82.7 Å². The van der Waals surface area contributed by atoms with Crippen LogP contribution in [0.25, 0.3) is 33.3 Å². The molecule has 1 unspecified atom stereocenters. The Bertz CT molecular complexity index is 2570. The molecule has 2 aromatic heterocycles. The Morgan fingerprint density at radius 2 is 1.86 bits per heavy atom. The van der Waals surface area contributed by atoms with Crippen LogP contribution in [0.2, 0.25) is 0 Å². The fraction of sp³-hybridized carbons (Fsp3) is 0.490. The van der Waals surface area contributed by atoms with Gasteiger partial charge in [-0.15, -0.1) is 5.01 Å². The van der Waals surface area contributed by atoms with Crippen molar-refractivity contribution in [2.45, 2.75) is 96.5 Å². The number of aryl methyl sites for hydroxylation is 1. The minimum Gasteiger partial charge on any atom is -0.464 e. The van der Waals surface area contributed by atoms with Crippen LogP contribution in [0.5, 0.6) is 0 Å². The first kappa shape index (κ1) is 44.5. The van der Waals surface area contributed by atoms with E-state index >= 15 is 0 Å². The van der Waals surface area contributed by atoms with Gasteiger partial charge in [-0.05, 0) is 78.1 Å². The lowest BCUT2D eigenvalue weighted by atomic mass is 9.67. The molecule has 6 bridgehead atoms. The molecule has 4 aromatic rings. The van der Waals surface area contributed by atoms with Gasteiger partial charge in [-0.2, -0.15) is 0 Å². The number of ether oxygens (including phenoxy) is 2. The molecular weight excluding hydrogens is 813 g/mol. The molecule has 1 aliphatic carbocycles. The summed E-state index contributed by atoms with van der Waals surface area (Å²) < 4.78 is 14.7. The molecular formula is C49H59N8O7+. The standard InChI is InChI=1S/C49H58N8O7/c1-9-13-39(58)55-23-20-33(27-55)57(62)54(7)43(29(2)3)46(59)51-37-25-30-14-10-15-31(24-30)32-18-19-38-35(26-32)40-41(45(63-8)42-34(16-11-21-50-42)44(40)53(38)6)49(4,5)28-64-48(61)36-17-12-22-56(52-36)47(37)60/h10-11,14-16,18-19,21,24,26,29,33,36-37,41,43,45,52H,12,17,20,22-23,25,27-28H2,1-8H3/p+1/t33-,36-,37-,41?,43-,45-/m0/s1. The van der Waals surface area contributed by atoms with Crippen molar-refractivity contribution in [1.29, 1.82) is 0 Å². The molecule has 0 saturated carbocycles. The number of cyclic esters (lactones) is 1. The summed E-state index contributed by atoms with van der Waals surface area (Å²) in [5.74, 6) is 2.85. The first-order valence-electron chi connectivity index (χ1n) is 22.3. The minimum absolute atomic E-state index is 0.0732. The highest BCUT2D eigenvalue weighted by Crippen LogP contribution is 2.56. The van der Waals surface area contributed by atoms with Crippen LogP contribution >= 0.6 is 0 Å². The van der Waals surface area contributed by atoms with Crippen molar-refractivity contribution in [3.8, 4) is 34.2 Å². The maximum atomic E-state index is 14.7. The summed E-state index contributed by atoms with van der Waals surface area (Å²) >= 11 is 0. The van der Waals surface area contributed by atoms with E-state index in [0.717, 1.165) is 55.0 Å². The Labute approximate surface area is 374 Å². The molecule has 8 rings (SSSR count). The number of esters is 1. The number of methoxy groups -OCH3 is 1. The lowest BCUT2D eigenvalue weighted by Crippen LogP contribution is -2.62. The molecule has 2 fully saturated rings. The average molecular weight is 872 g/mol. The third-order valence-electron chi connectivity index (χ3n) is 13.6. The quantitative estimate of drug-likeness (QED) is 0.111. The number of pyridine rings is 1. The summed E-state index contributed by atoms with van der Waals surface area (Å²) in [6.07, 6.45) is 2.91. The SMILES string of the molecule is CC#CC(=O)N1CC[C@H]([N+](=O)N(C)[C@H](C(=O)N[C@H]2Cc3cccc(c3)-c3ccc4c(c3)c3c(n4C)-c4cccnc4[C@@H](OC)C3C(C)(C)COC(=O)[C@@H]3CCCN(N3)C2=O)C(C)C)C1. The molecule has 64 heavy (non-hydrogen) atoms. The van der Waals surface area contributed by atoms with Crippen molar-refractivity contribution in [3.05, 3.63) is 82.5 Å². The second-order valence-electron chi connectivity index (χ2n) is 18.6. The maximum absolute atomic E-state index is 14.7. The Balaban J connectivity index is 1.17. The summed E-state index contributed by atoms with van der Waals surface area (Å²) in [5, 5.41) is 6.89. The second-order valence-corrected chi connectivity index (χ2v) is 18.6. The van der Waals surface area contributed by atoms with Gasteiger partial charge in [-0.1, -0.05) is 63.9 Å². The summed E-state index contributed by atoms with van der Waals surface area (Å²) in [7, 11) is 5.34. The Hall–Kier alpha value is -6.11. The van der Waals surface area contributed by atoms with Gasteiger partial charge in [0.25, 0.3) is 17.9 Å². The molecule has 5 heterocycles. The number of nitrogens with one attached hydrogen (secondary N) is 2. The lowest BCUT2D eigenvalue weighted by molar-refractivity contribution is -0.732. The molecule has 4 aliphatic rings. The number of rotatable bonds is 7. The number of hydrogen-bond acceptors (Lipinski definition) is 9. The topological polar surface area (TPSA) is 158 Å². The van der Waals surface area contributed by atoms with Crippen LogP contribution in [0, 0.1) is 28.1 Å². The summed E-state index contributed by atoms with van der Waals surface area (Å²) in [6, 6.07) is 15.1. The van der Waals surface area contributed by atoms with E-state index in [0.29, 0.717) is 32.4 Å². The first-order valence-corrected chi connectivity index (χ1v) is 22.3. The van der Waals surface area contributed by atoms with Gasteiger partial charge >= 0.3 is 5.97 Å². The highest BCUT2D eigenvalue weighted by atomic mass is 16.5. The number of hydrazine groups is 2. The molecule has 2 aromatic carbocycles. The minimum atomic E-state index is -1.06. The van der Waals surface area contributed by atoms with E-state index in [-0.39, 0.29) is 37.3 Å². The number of amides is 3. The number of aromatic nitrogens is 2. The van der Waals surface area contributed by atoms with Gasteiger partial charge in [0.05, 0.1) is 36.5 Å². The van der Waals surface area contributed by atoms with Crippen molar-refractivity contribution in [1.82, 2.24) is 35.2 Å². The molecule has 336 valence electrons. The Morgan fingerprint density at radius 3 is 2.61 bits per heavy atom. The Kier molecular flexibility index (Phi) is 12.4. The molecule has 15 heteroatoms. The number of benzene rings is 2. The number of carbonyl (C=O) groups is 4. The van der Waals surface area contributed by atoms with Gasteiger partial charge in [-0.25, -0.2) is 5.43 Å². The summed E-state index contributed by atoms with van der Waals surface area (Å²) in [6.45, 7) is 10.4. The van der Waals surface area contributed by atoms with Crippen LogP contribution in [-0.4, -0.2) is 118 Å². The molecule has 3 aliphatic heterocycles. The van der Waals surface area contributed by atoms with E-state index in [1.54, 1.807) is 32.2 Å². The number of hydrogen-bond donors (Lipinski definition) is 2. The van der Waals surface area contributed by atoms with E-state index in [2.05, 4.69) is 78.4 Å². The zero-order valence-electron chi connectivity index (χ0n) is 38.0. The van der Waals surface area contributed by atoms with E-state index in [1.807, 2.05) is 38.1 Å². The fourth-order valence-electron chi connectivity index (χ4n) is 10.4. The van der Waals surface area contributed by atoms with Gasteiger partial charge < -0.3 is 24.3 Å². The largest absolute Gasteiger partial charge is 0.464 e. The van der Waals surface area contributed by atoms with Crippen LogP contribution in [0.15, 0.2) is 60.8 Å². The number of fused-ring (bicyclic) bond motifs is 8. The molecule has 6 atom stereocenters. The fourth-order valence-corrected chi connectivity index (χ4v) is 10.4. The average Bonchev–Trinajstić information content (AvgIpc) is 3.90. The van der Waals surface area contributed by atoms with E-state index in [1.165, 1.54) is 10.0 Å². The van der Waals surface area contributed by atoms with Gasteiger partial charge in [0.2, 0.25) is 5.91 Å². The molecule has 2 saturated heterocycles. The van der Waals surface area contributed by atoms with Crippen molar-refractivity contribution in [2.75, 3.05) is 40.4 Å². The molecule has 0 radical (unpaired) electrons. The van der Waals surface area contributed by atoms with Crippen molar-refractivity contribution >= 4 is 34.6 Å². The van der Waals surface area contributed by atoms with Crippen LogP contribution in [-0.2, 0) is 42.1 Å². The van der Waals surface area contributed by atoms with Crippen LogP contribution < -0.4 is 10.7 Å². The monoisotopic (exact) mass is 871 g/mol. The van der Waals surface area contributed by atoms with E-state index < -0.39 is 53.5 Å². The smallest absolute Gasteiger partial charge is 0.324 e. The summed E-state index contributed by atoms with van der Waals surface area (Å²) in [5.41, 5.74) is 10.2. The third-order valence-corrected chi connectivity index (χ3v) is 13.6. The number of likely N-dealkylation sites (N-methyl/N-ethyl adjacent to an activating group) is 1. The molecule has 3 amide bonds. The zero-order chi connectivity index (χ0) is 45.6. The number of nitrogens with zero attached hydrogens (tertiary/aromatic N) is 6. The molecule has 2 N–H and O–H groups in total. The summed E-state index contributed by atoms with van der Waals surface area (Å²) in [4.78, 5) is 76.7. The van der Waals surface area contributed by atoms with Gasteiger partial charge in [0, 0.05) is 74.1 Å². The van der Waals surface area contributed by atoms with Crippen LogP contribution in [0.3, 0.4) is 0 Å². The maximum Gasteiger partial charge on any atom is 0.324 e. The van der Waals surface area contributed by atoms with E-state index in [4.69, 9.17) is 14.5 Å². The van der Waals surface area contributed by atoms with E-state index in [9.17, 15) is 24.1 Å².